The maximum absolute atomic E-state index is 12.9. The minimum Gasteiger partial charge on any atom is -0.462 e. The molecule has 0 rings (SSSR count). The maximum atomic E-state index is 12.9. The molecular formula is C74H140O6. The Labute approximate surface area is 500 Å². The highest BCUT2D eigenvalue weighted by atomic mass is 16.6. The summed E-state index contributed by atoms with van der Waals surface area (Å²) >= 11 is 0. The van der Waals surface area contributed by atoms with Crippen LogP contribution in [0.3, 0.4) is 0 Å². The minimum absolute atomic E-state index is 0.0626. The molecule has 0 aromatic carbocycles. The van der Waals surface area contributed by atoms with Crippen molar-refractivity contribution in [2.45, 2.75) is 419 Å². The van der Waals surface area contributed by atoms with E-state index in [1.165, 1.54) is 308 Å². The molecule has 0 saturated carbocycles. The number of rotatable bonds is 68. The van der Waals surface area contributed by atoms with Crippen molar-refractivity contribution >= 4 is 17.9 Å². The largest absolute Gasteiger partial charge is 0.462 e. The van der Waals surface area contributed by atoms with Gasteiger partial charge in [0.25, 0.3) is 0 Å². The summed E-state index contributed by atoms with van der Waals surface area (Å²) in [4.78, 5) is 38.4. The van der Waals surface area contributed by atoms with Gasteiger partial charge in [0.05, 0.1) is 0 Å². The Balaban J connectivity index is 4.08. The van der Waals surface area contributed by atoms with Gasteiger partial charge in [-0.15, -0.1) is 0 Å². The lowest BCUT2D eigenvalue weighted by Gasteiger charge is -2.18. The molecule has 0 saturated heterocycles. The molecule has 1 unspecified atom stereocenters. The van der Waals surface area contributed by atoms with Crippen molar-refractivity contribution in [2.24, 2.45) is 0 Å². The molecule has 0 aromatic heterocycles. The predicted molar refractivity (Wildman–Crippen MR) is 349 cm³/mol. The third kappa shape index (κ3) is 66.7. The van der Waals surface area contributed by atoms with Gasteiger partial charge in [-0.25, -0.2) is 0 Å². The fraction of sp³-hybridized carbons (Fsp3) is 0.905. The average Bonchev–Trinajstić information content (AvgIpc) is 3.46. The van der Waals surface area contributed by atoms with Crippen molar-refractivity contribution in [3.8, 4) is 0 Å². The molecule has 0 bridgehead atoms. The van der Waals surface area contributed by atoms with Gasteiger partial charge in [-0.2, -0.15) is 0 Å². The van der Waals surface area contributed by atoms with E-state index in [0.717, 1.165) is 64.2 Å². The number of esters is 3. The molecule has 0 fully saturated rings. The van der Waals surface area contributed by atoms with Crippen LogP contribution in [0.5, 0.6) is 0 Å². The first-order chi connectivity index (χ1) is 39.5. The Morgan fingerprint density at radius 1 is 0.250 bits per heavy atom. The molecule has 0 heterocycles. The second-order valence-electron chi connectivity index (χ2n) is 24.9. The molecule has 0 N–H and O–H groups in total. The summed E-state index contributed by atoms with van der Waals surface area (Å²) in [7, 11) is 0. The van der Waals surface area contributed by atoms with Crippen LogP contribution < -0.4 is 0 Å². The van der Waals surface area contributed by atoms with Crippen molar-refractivity contribution in [1.29, 1.82) is 0 Å². The normalized spacial score (nSPS) is 12.1. The summed E-state index contributed by atoms with van der Waals surface area (Å²) in [6.07, 6.45) is 85.1. The molecule has 472 valence electrons. The van der Waals surface area contributed by atoms with Gasteiger partial charge in [0.15, 0.2) is 6.10 Å². The van der Waals surface area contributed by atoms with Crippen molar-refractivity contribution in [3.05, 3.63) is 24.3 Å². The van der Waals surface area contributed by atoms with Gasteiger partial charge in [-0.3, -0.25) is 14.4 Å². The van der Waals surface area contributed by atoms with E-state index >= 15 is 0 Å². The van der Waals surface area contributed by atoms with Crippen LogP contribution in [-0.4, -0.2) is 37.2 Å². The van der Waals surface area contributed by atoms with Gasteiger partial charge in [-0.1, -0.05) is 366 Å². The molecule has 1 atom stereocenters. The molecule has 0 aliphatic carbocycles. The SMILES string of the molecule is CCCCCCC/C=C\C/C=C\CCCCCCCCCCCCCCCCCCCCCCCC(=O)OCC(COC(=O)CCCCCCCCCCCCCCCC)OC(=O)CCCCCCCCCCCCCCCCC. The highest BCUT2D eigenvalue weighted by Gasteiger charge is 2.19. The first-order valence-corrected chi connectivity index (χ1v) is 36.3. The van der Waals surface area contributed by atoms with Gasteiger partial charge in [0.2, 0.25) is 0 Å². The van der Waals surface area contributed by atoms with Gasteiger partial charge in [-0.05, 0) is 51.4 Å². The zero-order chi connectivity index (χ0) is 57.8. The number of hydrogen-bond donors (Lipinski definition) is 0. The molecule has 80 heavy (non-hydrogen) atoms. The third-order valence-electron chi connectivity index (χ3n) is 16.7. The van der Waals surface area contributed by atoms with Crippen LogP contribution in [0.1, 0.15) is 412 Å². The molecule has 0 aliphatic heterocycles. The van der Waals surface area contributed by atoms with Crippen LogP contribution in [0, 0.1) is 0 Å². The Kier molecular flexibility index (Phi) is 67.6. The zero-order valence-electron chi connectivity index (χ0n) is 54.4. The lowest BCUT2D eigenvalue weighted by atomic mass is 10.0. The van der Waals surface area contributed by atoms with E-state index in [1.807, 2.05) is 0 Å². The topological polar surface area (TPSA) is 78.9 Å². The summed E-state index contributed by atoms with van der Waals surface area (Å²) in [6.45, 7) is 6.71. The standard InChI is InChI=1S/C74H140O6/c1-4-7-10-13-16-19-22-25-28-29-30-31-32-33-34-35-36-37-38-39-40-41-42-43-44-45-47-49-52-55-58-61-64-67-73(76)79-70-71(69-78-72(75)66-63-60-57-54-51-48-27-24-21-18-15-12-9-6-3)80-74(77)68-65-62-59-56-53-50-46-26-23-20-17-14-11-8-5-2/h22,25,29-30,71H,4-21,23-24,26-28,31-70H2,1-3H3/b25-22-,30-29-. The molecule has 6 heteroatoms. The van der Waals surface area contributed by atoms with Gasteiger partial charge >= 0.3 is 17.9 Å². The van der Waals surface area contributed by atoms with Crippen LogP contribution >= 0.6 is 0 Å². The zero-order valence-corrected chi connectivity index (χ0v) is 54.4. The molecule has 6 nitrogen and oxygen atoms in total. The number of allylic oxidation sites excluding steroid dienone is 4. The fourth-order valence-corrected chi connectivity index (χ4v) is 11.2. The number of carbonyl (C=O) groups is 3. The van der Waals surface area contributed by atoms with E-state index in [2.05, 4.69) is 45.1 Å². The summed E-state index contributed by atoms with van der Waals surface area (Å²) in [6, 6.07) is 0. The number of unbranched alkanes of at least 4 members (excludes halogenated alkanes) is 53. The van der Waals surface area contributed by atoms with Crippen molar-refractivity contribution in [1.82, 2.24) is 0 Å². The Morgan fingerprint density at radius 3 is 0.688 bits per heavy atom. The van der Waals surface area contributed by atoms with Crippen molar-refractivity contribution < 1.29 is 28.6 Å². The van der Waals surface area contributed by atoms with Crippen LogP contribution in [0.25, 0.3) is 0 Å². The molecule has 0 aliphatic rings. The maximum Gasteiger partial charge on any atom is 0.306 e. The lowest BCUT2D eigenvalue weighted by Crippen LogP contribution is -2.30. The lowest BCUT2D eigenvalue weighted by molar-refractivity contribution is -0.167. The monoisotopic (exact) mass is 1130 g/mol. The van der Waals surface area contributed by atoms with Crippen LogP contribution in [0.15, 0.2) is 24.3 Å². The first kappa shape index (κ1) is 77.9. The van der Waals surface area contributed by atoms with Crippen molar-refractivity contribution in [3.63, 3.8) is 0 Å². The summed E-state index contributed by atoms with van der Waals surface area (Å²) in [5.74, 6) is -0.828. The number of ether oxygens (including phenoxy) is 3. The number of carbonyl (C=O) groups excluding carboxylic acids is 3. The second-order valence-corrected chi connectivity index (χ2v) is 24.9. The molecule has 0 aromatic rings. The van der Waals surface area contributed by atoms with Crippen molar-refractivity contribution in [2.75, 3.05) is 13.2 Å². The molecular weight excluding hydrogens is 985 g/mol. The Morgan fingerprint density at radius 2 is 0.450 bits per heavy atom. The smallest absolute Gasteiger partial charge is 0.306 e. The third-order valence-corrected chi connectivity index (χ3v) is 16.7. The van der Waals surface area contributed by atoms with E-state index in [0.29, 0.717) is 19.3 Å². The summed E-state index contributed by atoms with van der Waals surface area (Å²) < 4.78 is 17.0. The van der Waals surface area contributed by atoms with E-state index in [1.54, 1.807) is 0 Å². The van der Waals surface area contributed by atoms with Gasteiger partial charge in [0, 0.05) is 19.3 Å². The molecule has 0 radical (unpaired) electrons. The van der Waals surface area contributed by atoms with Gasteiger partial charge in [0.1, 0.15) is 13.2 Å². The van der Waals surface area contributed by atoms with E-state index < -0.39 is 6.10 Å². The highest BCUT2D eigenvalue weighted by molar-refractivity contribution is 5.71. The van der Waals surface area contributed by atoms with E-state index in [9.17, 15) is 14.4 Å². The number of hydrogen-bond acceptors (Lipinski definition) is 6. The van der Waals surface area contributed by atoms with E-state index in [4.69, 9.17) is 14.2 Å². The average molecular weight is 1130 g/mol. The summed E-state index contributed by atoms with van der Waals surface area (Å²) in [5, 5.41) is 0. The van der Waals surface area contributed by atoms with E-state index in [-0.39, 0.29) is 31.1 Å². The van der Waals surface area contributed by atoms with Gasteiger partial charge < -0.3 is 14.2 Å². The quantitative estimate of drug-likeness (QED) is 0.0261. The minimum atomic E-state index is -0.765. The second kappa shape index (κ2) is 69.4. The summed E-state index contributed by atoms with van der Waals surface area (Å²) in [5.41, 5.74) is 0. The Bertz CT molecular complexity index is 1290. The first-order valence-electron chi connectivity index (χ1n) is 36.3. The Hall–Kier alpha value is -2.11. The predicted octanol–water partition coefficient (Wildman–Crippen LogP) is 25.0. The van der Waals surface area contributed by atoms with Crippen LogP contribution in [-0.2, 0) is 28.6 Å². The molecule has 0 amide bonds. The van der Waals surface area contributed by atoms with Crippen LogP contribution in [0.2, 0.25) is 0 Å². The highest BCUT2D eigenvalue weighted by Crippen LogP contribution is 2.19. The van der Waals surface area contributed by atoms with Crippen LogP contribution in [0.4, 0.5) is 0 Å². The molecule has 0 spiro atoms. The fourth-order valence-electron chi connectivity index (χ4n) is 11.2.